The van der Waals surface area contributed by atoms with Gasteiger partial charge < -0.3 is 9.73 Å². The topological polar surface area (TPSA) is 42.2 Å². The van der Waals surface area contributed by atoms with Crippen LogP contribution in [0.5, 0.6) is 0 Å². The van der Waals surface area contributed by atoms with Crippen LogP contribution in [0.2, 0.25) is 0 Å². The molecule has 104 valence electrons. The van der Waals surface area contributed by atoms with Crippen LogP contribution in [0.4, 0.5) is 5.69 Å². The van der Waals surface area contributed by atoms with E-state index < -0.39 is 0 Å². The number of anilines is 1. The van der Waals surface area contributed by atoms with Crippen molar-refractivity contribution in [1.29, 1.82) is 0 Å². The Morgan fingerprint density at radius 1 is 1.20 bits per heavy atom. The van der Waals surface area contributed by atoms with Crippen molar-refractivity contribution >= 4 is 16.7 Å². The molecule has 0 radical (unpaired) electrons. The molecule has 0 spiro atoms. The van der Waals surface area contributed by atoms with E-state index in [0.29, 0.717) is 5.58 Å². The van der Waals surface area contributed by atoms with Crippen molar-refractivity contribution in [2.24, 2.45) is 0 Å². The van der Waals surface area contributed by atoms with Gasteiger partial charge in [0.1, 0.15) is 5.58 Å². The van der Waals surface area contributed by atoms with Gasteiger partial charge in [-0.2, -0.15) is 0 Å². The van der Waals surface area contributed by atoms with Gasteiger partial charge in [0.15, 0.2) is 0 Å². The molecule has 0 atom stereocenters. The van der Waals surface area contributed by atoms with E-state index in [1.54, 1.807) is 0 Å². The summed E-state index contributed by atoms with van der Waals surface area (Å²) in [6.07, 6.45) is 8.48. The number of para-hydroxylation sites is 1. The Morgan fingerprint density at radius 2 is 2.10 bits per heavy atom. The summed E-state index contributed by atoms with van der Waals surface area (Å²) >= 11 is 0. The SMILES string of the molecule is O=c1cc(NCCC2=CCCCC2)c2ccccc2o1. The molecule has 0 bridgehead atoms. The highest BCUT2D eigenvalue weighted by atomic mass is 16.4. The van der Waals surface area contributed by atoms with Crippen LogP contribution in [0.15, 0.2) is 51.2 Å². The van der Waals surface area contributed by atoms with Gasteiger partial charge in [-0.05, 0) is 44.2 Å². The molecule has 0 unspecified atom stereocenters. The Hall–Kier alpha value is -2.03. The highest BCUT2D eigenvalue weighted by molar-refractivity contribution is 5.89. The van der Waals surface area contributed by atoms with Gasteiger partial charge in [0, 0.05) is 18.0 Å². The van der Waals surface area contributed by atoms with Gasteiger partial charge in [-0.1, -0.05) is 23.8 Å². The highest BCUT2D eigenvalue weighted by Crippen LogP contribution is 2.23. The molecule has 3 nitrogen and oxygen atoms in total. The van der Waals surface area contributed by atoms with E-state index in [1.165, 1.54) is 37.3 Å². The summed E-state index contributed by atoms with van der Waals surface area (Å²) in [6.45, 7) is 0.860. The van der Waals surface area contributed by atoms with Gasteiger partial charge in [0.2, 0.25) is 0 Å². The predicted molar refractivity (Wildman–Crippen MR) is 82.1 cm³/mol. The number of hydrogen-bond acceptors (Lipinski definition) is 3. The zero-order chi connectivity index (χ0) is 13.8. The number of hydrogen-bond donors (Lipinski definition) is 1. The Bertz CT molecular complexity index is 685. The van der Waals surface area contributed by atoms with Crippen LogP contribution in [0.3, 0.4) is 0 Å². The molecular weight excluding hydrogens is 250 g/mol. The lowest BCUT2D eigenvalue weighted by molar-refractivity contribution is 0.561. The van der Waals surface area contributed by atoms with E-state index in [9.17, 15) is 4.79 Å². The van der Waals surface area contributed by atoms with Gasteiger partial charge >= 0.3 is 5.63 Å². The minimum absolute atomic E-state index is 0.303. The summed E-state index contributed by atoms with van der Waals surface area (Å²) in [6, 6.07) is 9.17. The number of fused-ring (bicyclic) bond motifs is 1. The molecule has 0 saturated heterocycles. The minimum atomic E-state index is -0.303. The van der Waals surface area contributed by atoms with E-state index in [4.69, 9.17) is 4.42 Å². The minimum Gasteiger partial charge on any atom is -0.423 e. The number of nitrogens with one attached hydrogen (secondary N) is 1. The summed E-state index contributed by atoms with van der Waals surface area (Å²) < 4.78 is 5.19. The van der Waals surface area contributed by atoms with Crippen LogP contribution in [-0.2, 0) is 0 Å². The summed E-state index contributed by atoms with van der Waals surface area (Å²) in [5, 5.41) is 4.34. The van der Waals surface area contributed by atoms with Crippen molar-refractivity contribution in [3.05, 3.63) is 52.4 Å². The van der Waals surface area contributed by atoms with E-state index in [0.717, 1.165) is 24.0 Å². The zero-order valence-corrected chi connectivity index (χ0v) is 11.5. The van der Waals surface area contributed by atoms with Crippen molar-refractivity contribution < 1.29 is 4.42 Å². The smallest absolute Gasteiger partial charge is 0.338 e. The van der Waals surface area contributed by atoms with E-state index >= 15 is 0 Å². The monoisotopic (exact) mass is 269 g/mol. The van der Waals surface area contributed by atoms with Gasteiger partial charge in [-0.15, -0.1) is 0 Å². The fourth-order valence-corrected chi connectivity index (χ4v) is 2.75. The zero-order valence-electron chi connectivity index (χ0n) is 11.5. The van der Waals surface area contributed by atoms with E-state index in [2.05, 4.69) is 11.4 Å². The van der Waals surface area contributed by atoms with Crippen molar-refractivity contribution in [1.82, 2.24) is 0 Å². The Balaban J connectivity index is 1.74. The summed E-state index contributed by atoms with van der Waals surface area (Å²) in [7, 11) is 0. The molecule has 3 heteroatoms. The lowest BCUT2D eigenvalue weighted by Gasteiger charge is -2.14. The van der Waals surface area contributed by atoms with Crippen molar-refractivity contribution in [2.45, 2.75) is 32.1 Å². The maximum absolute atomic E-state index is 11.6. The second kappa shape index (κ2) is 5.95. The standard InChI is InChI=1S/C17H19NO2/c19-17-12-15(14-8-4-5-9-16(14)20-17)18-11-10-13-6-2-1-3-7-13/h4-6,8-9,12,18H,1-3,7,10-11H2. The van der Waals surface area contributed by atoms with Crippen LogP contribution >= 0.6 is 0 Å². The van der Waals surface area contributed by atoms with Crippen LogP contribution in [-0.4, -0.2) is 6.54 Å². The molecule has 1 aliphatic carbocycles. The summed E-state index contributed by atoms with van der Waals surface area (Å²) in [5.41, 5.74) is 2.74. The third kappa shape index (κ3) is 2.93. The number of allylic oxidation sites excluding steroid dienone is 1. The van der Waals surface area contributed by atoms with Crippen LogP contribution in [0.1, 0.15) is 32.1 Å². The molecule has 0 amide bonds. The normalized spacial score (nSPS) is 15.1. The quantitative estimate of drug-likeness (QED) is 0.671. The van der Waals surface area contributed by atoms with E-state index in [-0.39, 0.29) is 5.63 Å². The fraction of sp³-hybridized carbons (Fsp3) is 0.353. The Labute approximate surface area is 118 Å². The first kappa shape index (κ1) is 13.0. The lowest BCUT2D eigenvalue weighted by atomic mass is 9.97. The van der Waals surface area contributed by atoms with Crippen molar-refractivity contribution in [3.8, 4) is 0 Å². The average Bonchev–Trinajstić information content (AvgIpc) is 2.48. The molecule has 0 saturated carbocycles. The number of benzene rings is 1. The second-order valence-electron chi connectivity index (χ2n) is 5.26. The molecule has 2 aromatic rings. The first-order valence-corrected chi connectivity index (χ1v) is 7.27. The predicted octanol–water partition coefficient (Wildman–Crippen LogP) is 4.10. The van der Waals surface area contributed by atoms with Crippen LogP contribution in [0, 0.1) is 0 Å². The third-order valence-electron chi connectivity index (χ3n) is 3.80. The average molecular weight is 269 g/mol. The number of rotatable bonds is 4. The largest absolute Gasteiger partial charge is 0.423 e. The van der Waals surface area contributed by atoms with Crippen molar-refractivity contribution in [2.75, 3.05) is 11.9 Å². The van der Waals surface area contributed by atoms with Gasteiger partial charge in [-0.3, -0.25) is 0 Å². The maximum atomic E-state index is 11.6. The third-order valence-corrected chi connectivity index (χ3v) is 3.80. The molecule has 0 fully saturated rings. The summed E-state index contributed by atoms with van der Waals surface area (Å²) in [4.78, 5) is 11.6. The van der Waals surface area contributed by atoms with Crippen molar-refractivity contribution in [3.63, 3.8) is 0 Å². The molecule has 1 aromatic carbocycles. The molecule has 1 heterocycles. The molecule has 1 aliphatic rings. The molecule has 3 rings (SSSR count). The van der Waals surface area contributed by atoms with Gasteiger partial charge in [0.05, 0.1) is 5.69 Å². The first-order valence-electron chi connectivity index (χ1n) is 7.27. The highest BCUT2D eigenvalue weighted by Gasteiger charge is 2.06. The molecular formula is C17H19NO2. The molecule has 20 heavy (non-hydrogen) atoms. The summed E-state index contributed by atoms with van der Waals surface area (Å²) in [5.74, 6) is 0. The van der Waals surface area contributed by atoms with Crippen LogP contribution in [0.25, 0.3) is 11.0 Å². The molecule has 1 N–H and O–H groups in total. The van der Waals surface area contributed by atoms with Gasteiger partial charge in [-0.25, -0.2) is 4.79 Å². The Morgan fingerprint density at radius 3 is 2.95 bits per heavy atom. The molecule has 1 aromatic heterocycles. The van der Waals surface area contributed by atoms with E-state index in [1.807, 2.05) is 24.3 Å². The fourth-order valence-electron chi connectivity index (χ4n) is 2.75. The van der Waals surface area contributed by atoms with Gasteiger partial charge in [0.25, 0.3) is 0 Å². The second-order valence-corrected chi connectivity index (χ2v) is 5.26. The molecule has 0 aliphatic heterocycles. The van der Waals surface area contributed by atoms with Crippen LogP contribution < -0.4 is 10.9 Å². The maximum Gasteiger partial charge on any atom is 0.338 e. The first-order chi connectivity index (χ1) is 9.83. The Kier molecular flexibility index (Phi) is 3.86. The lowest BCUT2D eigenvalue weighted by Crippen LogP contribution is -2.07.